The molecule has 0 radical (unpaired) electrons. The topological polar surface area (TPSA) is 57.2 Å². The summed E-state index contributed by atoms with van der Waals surface area (Å²) < 4.78 is 5.40. The van der Waals surface area contributed by atoms with Crippen LogP contribution in [0.25, 0.3) is 0 Å². The molecule has 1 rings (SSSR count). The van der Waals surface area contributed by atoms with Gasteiger partial charge in [0.25, 0.3) is 0 Å². The predicted molar refractivity (Wildman–Crippen MR) is 101 cm³/mol. The number of guanidine groups is 1. The van der Waals surface area contributed by atoms with Gasteiger partial charge >= 0.3 is 0 Å². The fourth-order valence-corrected chi connectivity index (χ4v) is 2.22. The van der Waals surface area contributed by atoms with Gasteiger partial charge in [0.15, 0.2) is 5.96 Å². The van der Waals surface area contributed by atoms with E-state index < -0.39 is 0 Å². The predicted octanol–water partition coefficient (Wildman–Crippen LogP) is 1.40. The third-order valence-corrected chi connectivity index (χ3v) is 3.52. The highest BCUT2D eigenvalue weighted by Crippen LogP contribution is 2.15. The van der Waals surface area contributed by atoms with Gasteiger partial charge in [0.05, 0.1) is 0 Å². The van der Waals surface area contributed by atoms with Gasteiger partial charge in [-0.15, -0.1) is 24.0 Å². The number of hydrogen-bond donors (Lipinski definition) is 1. The van der Waals surface area contributed by atoms with Gasteiger partial charge in [-0.05, 0) is 32.6 Å². The quantitative estimate of drug-likeness (QED) is 0.411. The maximum Gasteiger partial charge on any atom is 0.243 e. The normalized spacial score (nSPS) is 16.2. The molecular formula is C15H31IN4O2. The van der Waals surface area contributed by atoms with E-state index in [4.69, 9.17) is 4.74 Å². The van der Waals surface area contributed by atoms with E-state index in [2.05, 4.69) is 29.1 Å². The number of aliphatic imine (C=N–C) groups is 1. The average molecular weight is 426 g/mol. The molecule has 0 aromatic heterocycles. The van der Waals surface area contributed by atoms with Gasteiger partial charge in [0.1, 0.15) is 6.54 Å². The Morgan fingerprint density at radius 3 is 2.36 bits per heavy atom. The number of nitrogens with one attached hydrogen (secondary N) is 1. The minimum absolute atomic E-state index is 0. The summed E-state index contributed by atoms with van der Waals surface area (Å²) in [5.41, 5.74) is 0. The van der Waals surface area contributed by atoms with E-state index in [1.165, 1.54) is 0 Å². The molecular weight excluding hydrogens is 395 g/mol. The number of halogens is 1. The van der Waals surface area contributed by atoms with Crippen LogP contribution in [0, 0.1) is 5.92 Å². The maximum absolute atomic E-state index is 11.7. The molecule has 0 atom stereocenters. The Morgan fingerprint density at radius 1 is 1.27 bits per heavy atom. The lowest BCUT2D eigenvalue weighted by Gasteiger charge is -2.30. The van der Waals surface area contributed by atoms with Gasteiger partial charge < -0.3 is 19.9 Å². The summed E-state index contributed by atoms with van der Waals surface area (Å²) in [6.07, 6.45) is 2.19. The van der Waals surface area contributed by atoms with E-state index >= 15 is 0 Å². The number of nitrogens with zero attached hydrogens (tertiary/aromatic N) is 3. The summed E-state index contributed by atoms with van der Waals surface area (Å²) in [6.45, 7) is 6.97. The van der Waals surface area contributed by atoms with Crippen molar-refractivity contribution in [3.05, 3.63) is 0 Å². The molecule has 1 aliphatic rings. The fraction of sp³-hybridized carbons (Fsp3) is 0.867. The second-order valence-electron chi connectivity index (χ2n) is 6.16. The molecule has 0 unspecified atom stereocenters. The lowest BCUT2D eigenvalue weighted by atomic mass is 10.00. The summed E-state index contributed by atoms with van der Waals surface area (Å²) in [5.74, 6) is 1.44. The highest BCUT2D eigenvalue weighted by molar-refractivity contribution is 14.0. The summed E-state index contributed by atoms with van der Waals surface area (Å²) in [6, 6.07) is 0.287. The number of likely N-dealkylation sites (N-methyl/N-ethyl adjacent to an activating group) is 1. The molecule has 1 N–H and O–H groups in total. The van der Waals surface area contributed by atoms with Crippen LogP contribution in [0.2, 0.25) is 0 Å². The number of carbonyl (C=O) groups is 1. The second-order valence-corrected chi connectivity index (χ2v) is 6.16. The lowest BCUT2D eigenvalue weighted by molar-refractivity contribution is -0.127. The molecule has 0 spiro atoms. The van der Waals surface area contributed by atoms with Crippen molar-refractivity contribution in [2.45, 2.75) is 32.7 Å². The number of ether oxygens (including phenoxy) is 1. The highest BCUT2D eigenvalue weighted by atomic mass is 127. The first-order valence-corrected chi connectivity index (χ1v) is 7.70. The second kappa shape index (κ2) is 11.0. The number of carbonyl (C=O) groups excluding carboxylic acids is 1. The third-order valence-electron chi connectivity index (χ3n) is 3.52. The zero-order valence-corrected chi connectivity index (χ0v) is 16.8. The van der Waals surface area contributed by atoms with E-state index in [1.54, 1.807) is 19.0 Å². The van der Waals surface area contributed by atoms with Crippen LogP contribution in [0.4, 0.5) is 0 Å². The van der Waals surface area contributed by atoms with E-state index in [-0.39, 0.29) is 42.5 Å². The van der Waals surface area contributed by atoms with Gasteiger partial charge in [0.2, 0.25) is 5.91 Å². The lowest BCUT2D eigenvalue weighted by Crippen LogP contribution is -2.45. The molecule has 1 fully saturated rings. The summed E-state index contributed by atoms with van der Waals surface area (Å²) in [7, 11) is 5.53. The van der Waals surface area contributed by atoms with E-state index in [0.29, 0.717) is 5.92 Å². The zero-order chi connectivity index (χ0) is 15.8. The first-order chi connectivity index (χ1) is 9.90. The molecule has 0 aromatic carbocycles. The van der Waals surface area contributed by atoms with Crippen LogP contribution < -0.4 is 5.32 Å². The molecule has 1 heterocycles. The Balaban J connectivity index is 0.00000441. The molecule has 1 amide bonds. The van der Waals surface area contributed by atoms with Crippen molar-refractivity contribution < 1.29 is 9.53 Å². The monoisotopic (exact) mass is 426 g/mol. The molecule has 130 valence electrons. The van der Waals surface area contributed by atoms with Gasteiger partial charge in [-0.2, -0.15) is 0 Å². The fourth-order valence-electron chi connectivity index (χ4n) is 2.22. The van der Waals surface area contributed by atoms with Crippen LogP contribution in [0.15, 0.2) is 4.99 Å². The molecule has 1 aliphatic heterocycles. The molecule has 6 nitrogen and oxygen atoms in total. The van der Waals surface area contributed by atoms with Crippen LogP contribution >= 0.6 is 24.0 Å². The molecule has 0 aromatic rings. The molecule has 22 heavy (non-hydrogen) atoms. The molecule has 0 aliphatic carbocycles. The van der Waals surface area contributed by atoms with Gasteiger partial charge in [-0.1, -0.05) is 0 Å². The number of hydrogen-bond acceptors (Lipinski definition) is 3. The van der Waals surface area contributed by atoms with Gasteiger partial charge in [-0.3, -0.25) is 4.79 Å². The Morgan fingerprint density at radius 2 is 1.86 bits per heavy atom. The van der Waals surface area contributed by atoms with Crippen molar-refractivity contribution in [1.82, 2.24) is 15.1 Å². The van der Waals surface area contributed by atoms with Crippen LogP contribution in [0.5, 0.6) is 0 Å². The minimum Gasteiger partial charge on any atom is -0.381 e. The SMILES string of the molecule is CC(C)NC(=NCC(=O)N(C)C)N(C)CC1CCOCC1.I. The van der Waals surface area contributed by atoms with Crippen molar-refractivity contribution in [3.8, 4) is 0 Å². The van der Waals surface area contributed by atoms with Crippen molar-refractivity contribution in [2.24, 2.45) is 10.9 Å². The highest BCUT2D eigenvalue weighted by Gasteiger charge is 2.18. The zero-order valence-electron chi connectivity index (χ0n) is 14.5. The summed E-state index contributed by atoms with van der Waals surface area (Å²) in [4.78, 5) is 19.8. The van der Waals surface area contributed by atoms with Crippen molar-refractivity contribution in [1.29, 1.82) is 0 Å². The van der Waals surface area contributed by atoms with Crippen molar-refractivity contribution in [2.75, 3.05) is 47.4 Å². The Kier molecular flexibility index (Phi) is 10.8. The van der Waals surface area contributed by atoms with Crippen molar-refractivity contribution >= 4 is 35.8 Å². The molecule has 7 heteroatoms. The average Bonchev–Trinajstić information content (AvgIpc) is 2.43. The maximum atomic E-state index is 11.7. The minimum atomic E-state index is 0. The smallest absolute Gasteiger partial charge is 0.243 e. The van der Waals surface area contributed by atoms with Crippen LogP contribution in [-0.4, -0.2) is 75.2 Å². The third kappa shape index (κ3) is 8.17. The van der Waals surface area contributed by atoms with E-state index in [1.807, 2.05) is 7.05 Å². The van der Waals surface area contributed by atoms with Crippen molar-refractivity contribution in [3.63, 3.8) is 0 Å². The first-order valence-electron chi connectivity index (χ1n) is 7.70. The molecule has 0 bridgehead atoms. The Hall–Kier alpha value is -0.570. The number of amides is 1. The molecule has 1 saturated heterocycles. The standard InChI is InChI=1S/C15H30N4O2.HI/c1-12(2)17-15(16-10-14(20)18(3)4)19(5)11-13-6-8-21-9-7-13;/h12-13H,6-11H2,1-5H3,(H,16,17);1H. The van der Waals surface area contributed by atoms with Gasteiger partial charge in [0, 0.05) is 46.9 Å². The molecule has 0 saturated carbocycles. The first kappa shape index (κ1) is 21.4. The Bertz CT molecular complexity index is 355. The number of rotatable bonds is 5. The summed E-state index contributed by atoms with van der Waals surface area (Å²) >= 11 is 0. The van der Waals surface area contributed by atoms with Crippen LogP contribution in [0.1, 0.15) is 26.7 Å². The van der Waals surface area contributed by atoms with Crippen LogP contribution in [0.3, 0.4) is 0 Å². The van der Waals surface area contributed by atoms with Crippen LogP contribution in [-0.2, 0) is 9.53 Å². The largest absolute Gasteiger partial charge is 0.381 e. The Labute approximate surface area is 151 Å². The van der Waals surface area contributed by atoms with E-state index in [9.17, 15) is 4.79 Å². The summed E-state index contributed by atoms with van der Waals surface area (Å²) in [5, 5.41) is 3.34. The van der Waals surface area contributed by atoms with Gasteiger partial charge in [-0.25, -0.2) is 4.99 Å². The van der Waals surface area contributed by atoms with E-state index in [0.717, 1.165) is 38.6 Å².